The van der Waals surface area contributed by atoms with Crippen molar-refractivity contribution >= 4 is 44.3 Å². The summed E-state index contributed by atoms with van der Waals surface area (Å²) < 4.78 is 26.8. The van der Waals surface area contributed by atoms with Gasteiger partial charge in [0.15, 0.2) is 0 Å². The van der Waals surface area contributed by atoms with Gasteiger partial charge in [-0.3, -0.25) is 4.72 Å². The van der Waals surface area contributed by atoms with Crippen LogP contribution in [0.2, 0.25) is 5.02 Å². The Morgan fingerprint density at radius 2 is 2.00 bits per heavy atom. The molecule has 0 atom stereocenters. The third-order valence-corrected chi connectivity index (χ3v) is 5.33. The number of halogens is 1. The SMILES string of the molecule is Cc1ccc(S(=O)(=O)Nc2cc(Cl)ccc2N)s1. The lowest BCUT2D eigenvalue weighted by Gasteiger charge is -2.09. The van der Waals surface area contributed by atoms with Crippen molar-refractivity contribution in [1.29, 1.82) is 0 Å². The molecule has 0 saturated heterocycles. The first-order chi connectivity index (χ1) is 8.38. The molecule has 0 radical (unpaired) electrons. The van der Waals surface area contributed by atoms with Gasteiger partial charge in [0.25, 0.3) is 10.0 Å². The minimum atomic E-state index is -3.60. The molecule has 0 aliphatic carbocycles. The van der Waals surface area contributed by atoms with Gasteiger partial charge >= 0.3 is 0 Å². The van der Waals surface area contributed by atoms with Gasteiger partial charge in [-0.1, -0.05) is 11.6 Å². The molecule has 2 rings (SSSR count). The first-order valence-electron chi connectivity index (χ1n) is 5.03. The molecular formula is C11H11ClN2O2S2. The number of anilines is 2. The lowest BCUT2D eigenvalue weighted by atomic mass is 10.3. The molecular weight excluding hydrogens is 292 g/mol. The van der Waals surface area contributed by atoms with Crippen LogP contribution in [-0.2, 0) is 10.0 Å². The maximum Gasteiger partial charge on any atom is 0.271 e. The lowest BCUT2D eigenvalue weighted by molar-refractivity contribution is 0.603. The van der Waals surface area contributed by atoms with Gasteiger partial charge in [-0.15, -0.1) is 11.3 Å². The summed E-state index contributed by atoms with van der Waals surface area (Å²) in [5, 5.41) is 0.421. The second-order valence-electron chi connectivity index (χ2n) is 3.70. The second-order valence-corrected chi connectivity index (χ2v) is 7.34. The quantitative estimate of drug-likeness (QED) is 0.856. The number of nitrogens with one attached hydrogen (secondary N) is 1. The summed E-state index contributed by atoms with van der Waals surface area (Å²) in [6.07, 6.45) is 0. The number of hydrogen-bond acceptors (Lipinski definition) is 4. The molecule has 0 aliphatic rings. The van der Waals surface area contributed by atoms with E-state index in [1.165, 1.54) is 17.4 Å². The fourth-order valence-corrected chi connectivity index (χ4v) is 3.90. The predicted octanol–water partition coefficient (Wildman–Crippen LogP) is 3.09. The van der Waals surface area contributed by atoms with Gasteiger partial charge in [0, 0.05) is 9.90 Å². The highest BCUT2D eigenvalue weighted by atomic mass is 35.5. The number of rotatable bonds is 3. The van der Waals surface area contributed by atoms with E-state index in [1.54, 1.807) is 24.3 Å². The zero-order valence-electron chi connectivity index (χ0n) is 9.48. The van der Waals surface area contributed by atoms with Crippen molar-refractivity contribution in [3.05, 3.63) is 40.2 Å². The Morgan fingerprint density at radius 3 is 2.61 bits per heavy atom. The standard InChI is InChI=1S/C11H11ClN2O2S2/c1-7-2-5-11(17-7)18(15,16)14-10-6-8(12)3-4-9(10)13/h2-6,14H,13H2,1H3. The molecule has 18 heavy (non-hydrogen) atoms. The van der Waals surface area contributed by atoms with Crippen LogP contribution in [0.4, 0.5) is 11.4 Å². The third-order valence-electron chi connectivity index (χ3n) is 2.24. The van der Waals surface area contributed by atoms with Gasteiger partial charge in [-0.25, -0.2) is 8.42 Å². The zero-order valence-corrected chi connectivity index (χ0v) is 11.9. The summed E-state index contributed by atoms with van der Waals surface area (Å²) in [5.41, 5.74) is 6.31. The number of nitrogens with two attached hydrogens (primary N) is 1. The van der Waals surface area contributed by atoms with E-state index >= 15 is 0 Å². The normalized spacial score (nSPS) is 11.4. The minimum absolute atomic E-state index is 0.249. The molecule has 96 valence electrons. The molecule has 0 spiro atoms. The lowest BCUT2D eigenvalue weighted by Crippen LogP contribution is -2.12. The molecule has 1 heterocycles. The Morgan fingerprint density at radius 1 is 1.28 bits per heavy atom. The van der Waals surface area contributed by atoms with E-state index in [-0.39, 0.29) is 9.90 Å². The van der Waals surface area contributed by atoms with E-state index in [9.17, 15) is 8.42 Å². The van der Waals surface area contributed by atoms with Crippen molar-refractivity contribution in [2.24, 2.45) is 0 Å². The first kappa shape index (κ1) is 13.2. The Labute approximate surface area is 114 Å². The zero-order chi connectivity index (χ0) is 13.3. The molecule has 0 unspecified atom stereocenters. The molecule has 0 amide bonds. The van der Waals surface area contributed by atoms with Gasteiger partial charge in [-0.05, 0) is 37.3 Å². The summed E-state index contributed by atoms with van der Waals surface area (Å²) in [7, 11) is -3.60. The maximum absolute atomic E-state index is 12.1. The third kappa shape index (κ3) is 2.77. The van der Waals surface area contributed by atoms with E-state index in [4.69, 9.17) is 17.3 Å². The average molecular weight is 303 g/mol. The molecule has 7 heteroatoms. The Balaban J connectivity index is 2.36. The molecule has 3 N–H and O–H groups in total. The number of thiophene rings is 1. The fourth-order valence-electron chi connectivity index (χ4n) is 1.37. The average Bonchev–Trinajstić information content (AvgIpc) is 2.71. The molecule has 4 nitrogen and oxygen atoms in total. The van der Waals surface area contributed by atoms with Crippen molar-refractivity contribution in [2.45, 2.75) is 11.1 Å². The van der Waals surface area contributed by atoms with Gasteiger partial charge < -0.3 is 5.73 Å². The van der Waals surface area contributed by atoms with Crippen molar-refractivity contribution < 1.29 is 8.42 Å². The van der Waals surface area contributed by atoms with Crippen molar-refractivity contribution in [3.63, 3.8) is 0 Å². The number of sulfonamides is 1. The van der Waals surface area contributed by atoms with Crippen LogP contribution in [0.3, 0.4) is 0 Å². The summed E-state index contributed by atoms with van der Waals surface area (Å²) in [6, 6.07) is 7.95. The monoisotopic (exact) mass is 302 g/mol. The number of nitrogen functional groups attached to an aromatic ring is 1. The largest absolute Gasteiger partial charge is 0.397 e. The topological polar surface area (TPSA) is 72.2 Å². The van der Waals surface area contributed by atoms with Crippen LogP contribution in [-0.4, -0.2) is 8.42 Å². The maximum atomic E-state index is 12.1. The smallest absolute Gasteiger partial charge is 0.271 e. The van der Waals surface area contributed by atoms with Gasteiger partial charge in [0.05, 0.1) is 11.4 Å². The highest BCUT2D eigenvalue weighted by molar-refractivity contribution is 7.94. The summed E-state index contributed by atoms with van der Waals surface area (Å²) in [5.74, 6) is 0. The molecule has 0 saturated carbocycles. The van der Waals surface area contributed by atoms with E-state index < -0.39 is 10.0 Å². The Hall–Kier alpha value is -1.24. The van der Waals surface area contributed by atoms with Crippen molar-refractivity contribution in [1.82, 2.24) is 0 Å². The molecule has 0 bridgehead atoms. The first-order valence-corrected chi connectivity index (χ1v) is 7.70. The van der Waals surface area contributed by atoms with Crippen LogP contribution in [0.1, 0.15) is 4.88 Å². The Bertz CT molecular complexity index is 680. The molecule has 2 aromatic rings. The van der Waals surface area contributed by atoms with Crippen LogP contribution >= 0.6 is 22.9 Å². The molecule has 1 aromatic heterocycles. The van der Waals surface area contributed by atoms with Gasteiger partial charge in [0.2, 0.25) is 0 Å². The van der Waals surface area contributed by atoms with E-state index in [1.807, 2.05) is 6.92 Å². The number of benzene rings is 1. The van der Waals surface area contributed by atoms with Gasteiger partial charge in [-0.2, -0.15) is 0 Å². The van der Waals surface area contributed by atoms with Crippen LogP contribution < -0.4 is 10.5 Å². The van der Waals surface area contributed by atoms with E-state index in [2.05, 4.69) is 4.72 Å². The highest BCUT2D eigenvalue weighted by Gasteiger charge is 2.17. The Kier molecular flexibility index (Phi) is 3.52. The van der Waals surface area contributed by atoms with Crippen LogP contribution in [0.25, 0.3) is 0 Å². The van der Waals surface area contributed by atoms with Crippen LogP contribution in [0.5, 0.6) is 0 Å². The number of aryl methyl sites for hydroxylation is 1. The van der Waals surface area contributed by atoms with Crippen LogP contribution in [0.15, 0.2) is 34.5 Å². The fraction of sp³-hybridized carbons (Fsp3) is 0.0909. The van der Waals surface area contributed by atoms with Crippen molar-refractivity contribution in [3.8, 4) is 0 Å². The summed E-state index contributed by atoms with van der Waals surface area (Å²) >= 11 is 7.01. The minimum Gasteiger partial charge on any atom is -0.397 e. The predicted molar refractivity (Wildman–Crippen MR) is 75.7 cm³/mol. The van der Waals surface area contributed by atoms with E-state index in [0.717, 1.165) is 4.88 Å². The highest BCUT2D eigenvalue weighted by Crippen LogP contribution is 2.28. The summed E-state index contributed by atoms with van der Waals surface area (Å²) in [4.78, 5) is 0.925. The van der Waals surface area contributed by atoms with Gasteiger partial charge in [0.1, 0.15) is 4.21 Å². The molecule has 0 aliphatic heterocycles. The van der Waals surface area contributed by atoms with Crippen molar-refractivity contribution in [2.75, 3.05) is 10.5 Å². The second kappa shape index (κ2) is 4.79. The van der Waals surface area contributed by atoms with Crippen LogP contribution in [0, 0.1) is 6.92 Å². The summed E-state index contributed by atoms with van der Waals surface area (Å²) in [6.45, 7) is 1.84. The molecule has 1 aromatic carbocycles. The molecule has 0 fully saturated rings. The number of hydrogen-bond donors (Lipinski definition) is 2. The van der Waals surface area contributed by atoms with E-state index in [0.29, 0.717) is 10.7 Å².